The van der Waals surface area contributed by atoms with Gasteiger partial charge in [0, 0.05) is 20.3 Å². The van der Waals surface area contributed by atoms with Gasteiger partial charge in [-0.15, -0.1) is 0 Å². The topological polar surface area (TPSA) is 64.4 Å². The van der Waals surface area contributed by atoms with Crippen molar-refractivity contribution in [3.8, 4) is 6.07 Å². The fourth-order valence-electron chi connectivity index (χ4n) is 2.25. The van der Waals surface area contributed by atoms with Crippen LogP contribution in [0, 0.1) is 18.3 Å². The van der Waals surface area contributed by atoms with E-state index in [0.29, 0.717) is 16.8 Å². The van der Waals surface area contributed by atoms with Crippen molar-refractivity contribution in [2.24, 2.45) is 0 Å². The number of hydrogen-bond donors (Lipinski definition) is 0. The molecule has 0 unspecified atom stereocenters. The van der Waals surface area contributed by atoms with Crippen molar-refractivity contribution in [1.82, 2.24) is 4.90 Å². The van der Waals surface area contributed by atoms with Crippen LogP contribution in [0.2, 0.25) is 0 Å². The lowest BCUT2D eigenvalue weighted by Gasteiger charge is -2.28. The fraction of sp³-hybridized carbons (Fsp3) is 0.235. The second-order valence-corrected chi connectivity index (χ2v) is 5.40. The molecule has 22 heavy (non-hydrogen) atoms. The minimum absolute atomic E-state index is 0.00623. The Morgan fingerprint density at radius 1 is 1.09 bits per heavy atom. The Morgan fingerprint density at radius 3 is 2.18 bits per heavy atom. The van der Waals surface area contributed by atoms with Crippen molar-refractivity contribution < 1.29 is 9.59 Å². The smallest absolute Gasteiger partial charge is 0.276 e. The molecule has 112 valence electrons. The number of amides is 2. The molecule has 0 radical (unpaired) electrons. The van der Waals surface area contributed by atoms with Crippen LogP contribution in [0.15, 0.2) is 47.2 Å². The number of rotatable bonds is 2. The van der Waals surface area contributed by atoms with Gasteiger partial charge in [0.15, 0.2) is 0 Å². The van der Waals surface area contributed by atoms with Gasteiger partial charge in [-0.3, -0.25) is 9.59 Å². The molecule has 0 N–H and O–H groups in total. The maximum atomic E-state index is 12.7. The fourth-order valence-corrected chi connectivity index (χ4v) is 2.25. The largest absolute Gasteiger partial charge is 0.383 e. The average molecular weight is 295 g/mol. The second kappa shape index (κ2) is 5.86. The summed E-state index contributed by atoms with van der Waals surface area (Å²) in [4.78, 5) is 27.9. The zero-order valence-electron chi connectivity index (χ0n) is 13.0. The number of imide groups is 1. The van der Waals surface area contributed by atoms with Gasteiger partial charge in [0.1, 0.15) is 11.6 Å². The van der Waals surface area contributed by atoms with Crippen LogP contribution in [0.1, 0.15) is 12.5 Å². The lowest BCUT2D eigenvalue weighted by atomic mass is 9.95. The Labute approximate surface area is 129 Å². The summed E-state index contributed by atoms with van der Waals surface area (Å²) in [7, 11) is 3.57. The molecule has 1 aromatic carbocycles. The van der Waals surface area contributed by atoms with E-state index in [1.165, 1.54) is 0 Å². The SMILES string of the molecule is CC1=C(C#N)C(=O)N(c2ccc(C)cc2)C(=O)/C1=C\N(C)C. The molecule has 0 atom stereocenters. The standard InChI is InChI=1S/C17H17N3O2/c1-11-5-7-13(8-6-11)20-16(21)14(9-18)12(2)15(17(20)22)10-19(3)4/h5-8,10H,1-4H3/b15-10-. The summed E-state index contributed by atoms with van der Waals surface area (Å²) in [5.41, 5.74) is 2.24. The molecule has 0 fully saturated rings. The lowest BCUT2D eigenvalue weighted by molar-refractivity contribution is -0.123. The highest BCUT2D eigenvalue weighted by atomic mass is 16.2. The van der Waals surface area contributed by atoms with Crippen LogP contribution in [-0.2, 0) is 9.59 Å². The van der Waals surface area contributed by atoms with Gasteiger partial charge in [-0.2, -0.15) is 5.26 Å². The summed E-state index contributed by atoms with van der Waals surface area (Å²) >= 11 is 0. The van der Waals surface area contributed by atoms with Gasteiger partial charge in [0.05, 0.1) is 11.3 Å². The number of carbonyl (C=O) groups excluding carboxylic acids is 2. The van der Waals surface area contributed by atoms with E-state index in [1.807, 2.05) is 25.1 Å². The average Bonchev–Trinajstić information content (AvgIpc) is 2.46. The number of nitrogens with zero attached hydrogens (tertiary/aromatic N) is 3. The highest BCUT2D eigenvalue weighted by molar-refractivity contribution is 6.31. The van der Waals surface area contributed by atoms with Crippen molar-refractivity contribution in [1.29, 1.82) is 5.26 Å². The Balaban J connectivity index is 2.62. The highest BCUT2D eigenvalue weighted by Gasteiger charge is 2.36. The maximum Gasteiger partial charge on any atom is 0.276 e. The predicted molar refractivity (Wildman–Crippen MR) is 83.8 cm³/mol. The number of aryl methyl sites for hydroxylation is 1. The molecule has 0 aromatic heterocycles. The molecular formula is C17H17N3O2. The van der Waals surface area contributed by atoms with Gasteiger partial charge < -0.3 is 4.90 Å². The van der Waals surface area contributed by atoms with E-state index < -0.39 is 11.8 Å². The normalized spacial score (nSPS) is 17.0. The Kier molecular flexibility index (Phi) is 4.13. The summed E-state index contributed by atoms with van der Waals surface area (Å²) in [6, 6.07) is 8.96. The first kappa shape index (κ1) is 15.5. The number of hydrogen-bond acceptors (Lipinski definition) is 4. The van der Waals surface area contributed by atoms with Crippen LogP contribution >= 0.6 is 0 Å². The van der Waals surface area contributed by atoms with Crippen LogP contribution in [0.25, 0.3) is 0 Å². The van der Waals surface area contributed by atoms with E-state index in [9.17, 15) is 14.9 Å². The van der Waals surface area contributed by atoms with E-state index in [2.05, 4.69) is 0 Å². The van der Waals surface area contributed by atoms with Crippen molar-refractivity contribution in [3.63, 3.8) is 0 Å². The van der Waals surface area contributed by atoms with Gasteiger partial charge in [0.25, 0.3) is 11.8 Å². The van der Waals surface area contributed by atoms with Crippen LogP contribution in [0.5, 0.6) is 0 Å². The van der Waals surface area contributed by atoms with E-state index in [0.717, 1.165) is 10.5 Å². The van der Waals surface area contributed by atoms with Gasteiger partial charge in [0.2, 0.25) is 0 Å². The van der Waals surface area contributed by atoms with Crippen LogP contribution in [0.3, 0.4) is 0 Å². The van der Waals surface area contributed by atoms with Crippen molar-refractivity contribution in [2.75, 3.05) is 19.0 Å². The summed E-state index contributed by atoms with van der Waals surface area (Å²) in [5.74, 6) is -0.996. The van der Waals surface area contributed by atoms with Gasteiger partial charge in [-0.05, 0) is 31.6 Å². The monoisotopic (exact) mass is 295 g/mol. The second-order valence-electron chi connectivity index (χ2n) is 5.40. The highest BCUT2D eigenvalue weighted by Crippen LogP contribution is 2.29. The van der Waals surface area contributed by atoms with Crippen molar-refractivity contribution in [2.45, 2.75) is 13.8 Å². The molecule has 0 saturated carbocycles. The molecular weight excluding hydrogens is 278 g/mol. The van der Waals surface area contributed by atoms with Crippen molar-refractivity contribution >= 4 is 17.5 Å². The summed E-state index contributed by atoms with van der Waals surface area (Å²) in [6.07, 6.45) is 1.63. The number of anilines is 1. The minimum atomic E-state index is -0.579. The van der Waals surface area contributed by atoms with E-state index in [-0.39, 0.29) is 5.57 Å². The zero-order chi connectivity index (χ0) is 16.4. The molecule has 1 aliphatic rings. The minimum Gasteiger partial charge on any atom is -0.383 e. The Hall–Kier alpha value is -2.87. The molecule has 5 heteroatoms. The van der Waals surface area contributed by atoms with Crippen LogP contribution in [-0.4, -0.2) is 30.8 Å². The van der Waals surface area contributed by atoms with Crippen LogP contribution in [0.4, 0.5) is 5.69 Å². The quantitative estimate of drug-likeness (QED) is 0.619. The van der Waals surface area contributed by atoms with Gasteiger partial charge in [-0.1, -0.05) is 17.7 Å². The molecule has 1 aromatic rings. The predicted octanol–water partition coefficient (Wildman–Crippen LogP) is 2.15. The molecule has 1 aliphatic heterocycles. The summed E-state index contributed by atoms with van der Waals surface area (Å²) in [6.45, 7) is 3.54. The summed E-state index contributed by atoms with van der Waals surface area (Å²) < 4.78 is 0. The van der Waals surface area contributed by atoms with Crippen LogP contribution < -0.4 is 4.90 Å². The molecule has 0 spiro atoms. The number of nitriles is 1. The molecule has 1 heterocycles. The number of benzene rings is 1. The first-order chi connectivity index (χ1) is 10.4. The first-order valence-electron chi connectivity index (χ1n) is 6.82. The molecule has 5 nitrogen and oxygen atoms in total. The Morgan fingerprint density at radius 2 is 1.68 bits per heavy atom. The third-order valence-electron chi connectivity index (χ3n) is 3.42. The molecule has 2 rings (SSSR count). The van der Waals surface area contributed by atoms with E-state index in [4.69, 9.17) is 0 Å². The third kappa shape index (κ3) is 2.63. The molecule has 0 bridgehead atoms. The maximum absolute atomic E-state index is 12.7. The molecule has 0 aliphatic carbocycles. The summed E-state index contributed by atoms with van der Waals surface area (Å²) in [5, 5.41) is 9.27. The Bertz CT molecular complexity index is 734. The van der Waals surface area contributed by atoms with Crippen molar-refractivity contribution in [3.05, 3.63) is 52.7 Å². The molecule has 0 saturated heterocycles. The first-order valence-corrected chi connectivity index (χ1v) is 6.82. The van der Waals surface area contributed by atoms with E-state index in [1.54, 1.807) is 44.3 Å². The van der Waals surface area contributed by atoms with E-state index >= 15 is 0 Å². The lowest BCUT2D eigenvalue weighted by Crippen LogP contribution is -2.43. The zero-order valence-corrected chi connectivity index (χ0v) is 13.0. The third-order valence-corrected chi connectivity index (χ3v) is 3.42. The van der Waals surface area contributed by atoms with Gasteiger partial charge in [-0.25, -0.2) is 4.90 Å². The van der Waals surface area contributed by atoms with Gasteiger partial charge >= 0.3 is 0 Å². The molecule has 2 amide bonds. The number of carbonyl (C=O) groups is 2.